The summed E-state index contributed by atoms with van der Waals surface area (Å²) in [5.41, 5.74) is 2.57. The second-order valence-electron chi connectivity index (χ2n) is 10.1. The molecule has 0 radical (unpaired) electrons. The van der Waals surface area contributed by atoms with Gasteiger partial charge in [-0.15, -0.1) is 0 Å². The maximum Gasteiger partial charge on any atom is 0.404 e. The summed E-state index contributed by atoms with van der Waals surface area (Å²) < 4.78 is 19.9. The zero-order valence-corrected chi connectivity index (χ0v) is 20.7. The van der Waals surface area contributed by atoms with Crippen LogP contribution < -0.4 is 10.1 Å². The molecule has 1 aliphatic heterocycles. The third kappa shape index (κ3) is 5.75. The molecule has 0 spiro atoms. The lowest BCUT2D eigenvalue weighted by Crippen LogP contribution is -2.50. The van der Waals surface area contributed by atoms with Crippen LogP contribution in [0.5, 0.6) is 5.75 Å². The van der Waals surface area contributed by atoms with Crippen molar-refractivity contribution < 1.29 is 19.0 Å². The number of H-pyrrole nitrogens is 1. The van der Waals surface area contributed by atoms with Gasteiger partial charge >= 0.3 is 6.09 Å². The number of imidazole rings is 1. The summed E-state index contributed by atoms with van der Waals surface area (Å²) in [7, 11) is 2.09. The van der Waals surface area contributed by atoms with E-state index >= 15 is 0 Å². The number of hydrogen-bond donors (Lipinski definition) is 3. The second-order valence-corrected chi connectivity index (χ2v) is 10.1. The van der Waals surface area contributed by atoms with E-state index in [9.17, 15) is 14.3 Å². The lowest BCUT2D eigenvalue weighted by atomic mass is 9.64. The second kappa shape index (κ2) is 10.6. The van der Waals surface area contributed by atoms with E-state index in [1.54, 1.807) is 6.07 Å². The molecular formula is C27H35FN4O3. The maximum absolute atomic E-state index is 13.8. The quantitative estimate of drug-likeness (QED) is 0.377. The smallest absolute Gasteiger partial charge is 0.404 e. The molecule has 1 aliphatic rings. The van der Waals surface area contributed by atoms with Crippen LogP contribution in [0.2, 0.25) is 0 Å². The molecule has 0 saturated carbocycles. The Morgan fingerprint density at radius 2 is 2.11 bits per heavy atom. The van der Waals surface area contributed by atoms with Crippen LogP contribution in [0.3, 0.4) is 0 Å². The van der Waals surface area contributed by atoms with E-state index in [-0.39, 0.29) is 24.2 Å². The van der Waals surface area contributed by atoms with Crippen LogP contribution in [0, 0.1) is 17.2 Å². The third-order valence-corrected chi connectivity index (χ3v) is 7.13. The third-order valence-electron chi connectivity index (χ3n) is 7.13. The number of rotatable bonds is 10. The molecule has 188 valence electrons. The average molecular weight is 483 g/mol. The highest BCUT2D eigenvalue weighted by molar-refractivity contribution is 5.74. The molecule has 8 heteroatoms. The normalized spacial score (nSPS) is 19.7. The number of para-hydroxylation sites is 2. The number of aromatic amines is 1. The zero-order chi connectivity index (χ0) is 25.0. The molecular weight excluding hydrogens is 447 g/mol. The number of nitrogens with zero attached hydrogens (tertiary/aromatic N) is 2. The Balaban J connectivity index is 1.42. The van der Waals surface area contributed by atoms with Gasteiger partial charge < -0.3 is 25.0 Å². The topological polar surface area (TPSA) is 90.5 Å². The van der Waals surface area contributed by atoms with E-state index in [0.29, 0.717) is 12.4 Å². The highest BCUT2D eigenvalue weighted by Gasteiger charge is 2.46. The minimum absolute atomic E-state index is 0.0441. The van der Waals surface area contributed by atoms with Gasteiger partial charge in [0.05, 0.1) is 17.6 Å². The largest absolute Gasteiger partial charge is 0.493 e. The molecule has 1 amide bonds. The monoisotopic (exact) mass is 482 g/mol. The number of halogens is 1. The number of aromatic nitrogens is 2. The molecule has 0 fully saturated rings. The molecule has 3 N–H and O–H groups in total. The van der Waals surface area contributed by atoms with Crippen LogP contribution in [0.4, 0.5) is 9.18 Å². The minimum atomic E-state index is -1.05. The molecule has 1 aromatic heterocycles. The lowest BCUT2D eigenvalue weighted by Gasteiger charge is -2.47. The maximum atomic E-state index is 13.8. The molecule has 2 atom stereocenters. The number of ether oxygens (including phenoxy) is 1. The van der Waals surface area contributed by atoms with E-state index in [0.717, 1.165) is 54.8 Å². The number of fused-ring (bicyclic) bond motifs is 2. The molecule has 2 heterocycles. The number of carbonyl (C=O) groups is 1. The number of benzene rings is 2. The Morgan fingerprint density at radius 1 is 1.31 bits per heavy atom. The van der Waals surface area contributed by atoms with Crippen LogP contribution in [0.1, 0.15) is 44.0 Å². The van der Waals surface area contributed by atoms with Gasteiger partial charge in [0.1, 0.15) is 17.4 Å². The Bertz CT molecular complexity index is 1130. The van der Waals surface area contributed by atoms with Crippen LogP contribution in [0.15, 0.2) is 42.5 Å². The molecule has 0 saturated heterocycles. The summed E-state index contributed by atoms with van der Waals surface area (Å²) in [4.78, 5) is 21.7. The van der Waals surface area contributed by atoms with Gasteiger partial charge in [0.2, 0.25) is 0 Å². The van der Waals surface area contributed by atoms with Crippen molar-refractivity contribution in [2.75, 3.05) is 33.3 Å². The van der Waals surface area contributed by atoms with Gasteiger partial charge in [0, 0.05) is 30.4 Å². The van der Waals surface area contributed by atoms with Crippen molar-refractivity contribution in [3.8, 4) is 5.75 Å². The minimum Gasteiger partial charge on any atom is -0.493 e. The molecule has 2 aromatic carbocycles. The first-order valence-corrected chi connectivity index (χ1v) is 12.3. The van der Waals surface area contributed by atoms with Crippen molar-refractivity contribution in [3.05, 3.63) is 59.7 Å². The van der Waals surface area contributed by atoms with Gasteiger partial charge in [-0.05, 0) is 62.7 Å². The Labute approximate surface area is 205 Å². The van der Waals surface area contributed by atoms with E-state index in [4.69, 9.17) is 4.74 Å². The number of nitrogens with one attached hydrogen (secondary N) is 2. The molecule has 0 unspecified atom stereocenters. The summed E-state index contributed by atoms with van der Waals surface area (Å²) >= 11 is 0. The predicted molar refractivity (Wildman–Crippen MR) is 134 cm³/mol. The van der Waals surface area contributed by atoms with Crippen molar-refractivity contribution in [2.24, 2.45) is 11.3 Å². The van der Waals surface area contributed by atoms with Crippen molar-refractivity contribution >= 4 is 17.1 Å². The van der Waals surface area contributed by atoms with Crippen LogP contribution in [-0.2, 0) is 6.42 Å². The first-order valence-electron chi connectivity index (χ1n) is 12.3. The van der Waals surface area contributed by atoms with E-state index in [1.165, 1.54) is 12.1 Å². The van der Waals surface area contributed by atoms with Gasteiger partial charge in [0.15, 0.2) is 0 Å². The van der Waals surface area contributed by atoms with Crippen LogP contribution in [-0.4, -0.2) is 59.4 Å². The first kappa shape index (κ1) is 25.0. The van der Waals surface area contributed by atoms with Crippen molar-refractivity contribution in [2.45, 2.75) is 39.0 Å². The average Bonchev–Trinajstić information content (AvgIpc) is 3.24. The number of amides is 1. The summed E-state index contributed by atoms with van der Waals surface area (Å²) in [6, 6.07) is 12.7. The van der Waals surface area contributed by atoms with Crippen LogP contribution >= 0.6 is 0 Å². The van der Waals surface area contributed by atoms with E-state index in [2.05, 4.69) is 41.1 Å². The molecule has 3 aromatic rings. The Hall–Kier alpha value is -3.13. The standard InChI is InChI=1S/C27H35FN4O3/c1-18(2)25-20-11-10-19(28)15-23(20)35-17-27(25,16-29-26(33)34)12-14-32(3)13-6-9-24-30-21-7-4-5-8-22(21)31-24/h4-5,7-8,10-11,15,18,25,29H,6,9,12-14,16-17H2,1-3H3,(H,30,31)(H,33,34)/t25-,27+/m1/s1. The van der Waals surface area contributed by atoms with Gasteiger partial charge in [-0.3, -0.25) is 0 Å². The summed E-state index contributed by atoms with van der Waals surface area (Å²) in [5, 5.41) is 12.0. The molecule has 4 rings (SSSR count). The summed E-state index contributed by atoms with van der Waals surface area (Å²) in [6.45, 7) is 6.60. The number of carboxylic acid groups (broad SMARTS) is 1. The van der Waals surface area contributed by atoms with Crippen LogP contribution in [0.25, 0.3) is 11.0 Å². The number of aryl methyl sites for hydroxylation is 1. The number of hydrogen-bond acceptors (Lipinski definition) is 4. The fourth-order valence-electron chi connectivity index (χ4n) is 5.49. The fourth-order valence-corrected chi connectivity index (χ4v) is 5.49. The fraction of sp³-hybridized carbons (Fsp3) is 0.481. The molecule has 35 heavy (non-hydrogen) atoms. The molecule has 0 bridgehead atoms. The molecule has 7 nitrogen and oxygen atoms in total. The summed E-state index contributed by atoms with van der Waals surface area (Å²) in [5.74, 6) is 1.51. The van der Waals surface area contributed by atoms with Gasteiger partial charge in [-0.25, -0.2) is 14.2 Å². The van der Waals surface area contributed by atoms with E-state index in [1.807, 2.05) is 24.3 Å². The molecule has 0 aliphatic carbocycles. The van der Waals surface area contributed by atoms with Crippen molar-refractivity contribution in [3.63, 3.8) is 0 Å². The first-order chi connectivity index (χ1) is 16.8. The van der Waals surface area contributed by atoms with Crippen molar-refractivity contribution in [1.29, 1.82) is 0 Å². The van der Waals surface area contributed by atoms with Crippen molar-refractivity contribution in [1.82, 2.24) is 20.2 Å². The summed E-state index contributed by atoms with van der Waals surface area (Å²) in [6.07, 6.45) is 1.54. The zero-order valence-electron chi connectivity index (χ0n) is 20.7. The lowest BCUT2D eigenvalue weighted by molar-refractivity contribution is 0.0467. The predicted octanol–water partition coefficient (Wildman–Crippen LogP) is 5.04. The SMILES string of the molecule is CC(C)[C@@H]1c2ccc(F)cc2OC[C@]1(CCN(C)CCCc1nc2ccccc2[nH]1)CNC(=O)O. The Morgan fingerprint density at radius 3 is 2.86 bits per heavy atom. The van der Waals surface area contributed by atoms with Gasteiger partial charge in [-0.1, -0.05) is 32.0 Å². The Kier molecular flexibility index (Phi) is 7.60. The van der Waals surface area contributed by atoms with Gasteiger partial charge in [0.25, 0.3) is 0 Å². The highest BCUT2D eigenvalue weighted by Crippen LogP contribution is 2.50. The highest BCUT2D eigenvalue weighted by atomic mass is 19.1. The van der Waals surface area contributed by atoms with Gasteiger partial charge in [-0.2, -0.15) is 0 Å². The van der Waals surface area contributed by atoms with E-state index < -0.39 is 11.5 Å².